The molecule has 146 valence electrons. The van der Waals surface area contributed by atoms with Crippen molar-refractivity contribution in [3.8, 4) is 11.1 Å². The first kappa shape index (κ1) is 19.9. The largest absolute Gasteiger partial charge is 0.481 e. The number of nitrogens with zero attached hydrogens (tertiary/aromatic N) is 2. The molecule has 2 aromatic carbocycles. The number of halogens is 2. The van der Waals surface area contributed by atoms with Crippen LogP contribution in [0.5, 0.6) is 0 Å². The molecule has 5 nitrogen and oxygen atoms in total. The standard InChI is InChI=1S/C21H21ClFN3O2/c1-3-13(9-21(27)28)14-4-6-17(15-11-24-26(2)12-15)20(8-14)25-16-5-7-18(22)19(23)10-16/h4-8,10-13,25H,3,9H2,1-2H3,(H,27,28)/t13-/m1/s1. The lowest BCUT2D eigenvalue weighted by molar-refractivity contribution is -0.137. The summed E-state index contributed by atoms with van der Waals surface area (Å²) in [6, 6.07) is 10.3. The lowest BCUT2D eigenvalue weighted by Gasteiger charge is -2.18. The molecule has 2 N–H and O–H groups in total. The topological polar surface area (TPSA) is 67.1 Å². The van der Waals surface area contributed by atoms with E-state index in [1.807, 2.05) is 38.4 Å². The van der Waals surface area contributed by atoms with Gasteiger partial charge in [0.15, 0.2) is 0 Å². The van der Waals surface area contributed by atoms with Gasteiger partial charge in [-0.25, -0.2) is 4.39 Å². The SMILES string of the molecule is CC[C@H](CC(=O)O)c1ccc(-c2cnn(C)c2)c(Nc2ccc(Cl)c(F)c2)c1. The third kappa shape index (κ3) is 4.51. The van der Waals surface area contributed by atoms with Crippen molar-refractivity contribution in [3.63, 3.8) is 0 Å². The van der Waals surface area contributed by atoms with E-state index in [4.69, 9.17) is 11.6 Å². The van der Waals surface area contributed by atoms with Crippen LogP contribution in [-0.2, 0) is 11.8 Å². The van der Waals surface area contributed by atoms with E-state index in [1.54, 1.807) is 16.9 Å². The zero-order valence-electron chi connectivity index (χ0n) is 15.6. The van der Waals surface area contributed by atoms with E-state index in [1.165, 1.54) is 12.1 Å². The summed E-state index contributed by atoms with van der Waals surface area (Å²) in [5.74, 6) is -1.46. The molecule has 3 rings (SSSR count). The van der Waals surface area contributed by atoms with Crippen molar-refractivity contribution in [2.75, 3.05) is 5.32 Å². The van der Waals surface area contributed by atoms with Gasteiger partial charge < -0.3 is 10.4 Å². The second-order valence-electron chi connectivity index (χ2n) is 6.66. The summed E-state index contributed by atoms with van der Waals surface area (Å²) in [5, 5.41) is 16.7. The minimum atomic E-state index is -0.836. The number of aryl methyl sites for hydroxylation is 1. The number of carboxylic acids is 1. The highest BCUT2D eigenvalue weighted by atomic mass is 35.5. The van der Waals surface area contributed by atoms with Gasteiger partial charge in [-0.2, -0.15) is 5.10 Å². The van der Waals surface area contributed by atoms with Crippen LogP contribution in [0, 0.1) is 5.82 Å². The number of aliphatic carboxylic acids is 1. The molecule has 0 aliphatic rings. The number of nitrogens with one attached hydrogen (secondary N) is 1. The highest BCUT2D eigenvalue weighted by Crippen LogP contribution is 2.35. The summed E-state index contributed by atoms with van der Waals surface area (Å²) in [5.41, 5.74) is 4.00. The summed E-state index contributed by atoms with van der Waals surface area (Å²) < 4.78 is 15.6. The summed E-state index contributed by atoms with van der Waals surface area (Å²) in [7, 11) is 1.83. The van der Waals surface area contributed by atoms with Gasteiger partial charge in [-0.15, -0.1) is 0 Å². The molecular formula is C21H21ClFN3O2. The Morgan fingerprint density at radius 3 is 2.71 bits per heavy atom. The fourth-order valence-corrected chi connectivity index (χ4v) is 3.29. The van der Waals surface area contributed by atoms with Gasteiger partial charge in [0.25, 0.3) is 0 Å². The van der Waals surface area contributed by atoms with Crippen LogP contribution in [0.15, 0.2) is 48.8 Å². The Bertz CT molecular complexity index is 1000. The van der Waals surface area contributed by atoms with E-state index in [-0.39, 0.29) is 17.4 Å². The molecule has 7 heteroatoms. The van der Waals surface area contributed by atoms with Crippen molar-refractivity contribution in [3.05, 3.63) is 65.2 Å². The number of carbonyl (C=O) groups is 1. The monoisotopic (exact) mass is 401 g/mol. The number of hydrogen-bond donors (Lipinski definition) is 2. The zero-order valence-corrected chi connectivity index (χ0v) is 16.4. The molecule has 1 aromatic heterocycles. The third-order valence-electron chi connectivity index (χ3n) is 4.64. The Morgan fingerprint density at radius 2 is 2.11 bits per heavy atom. The van der Waals surface area contributed by atoms with Crippen LogP contribution in [0.1, 0.15) is 31.2 Å². The maximum atomic E-state index is 13.9. The molecule has 0 bridgehead atoms. The molecule has 1 heterocycles. The van der Waals surface area contributed by atoms with Gasteiger partial charge in [-0.05, 0) is 42.2 Å². The molecule has 0 spiro atoms. The molecule has 0 saturated carbocycles. The van der Waals surface area contributed by atoms with E-state index in [0.29, 0.717) is 12.1 Å². The molecule has 3 aromatic rings. The lowest BCUT2D eigenvalue weighted by Crippen LogP contribution is -2.06. The van der Waals surface area contributed by atoms with Crippen molar-refractivity contribution < 1.29 is 14.3 Å². The number of aromatic nitrogens is 2. The van der Waals surface area contributed by atoms with E-state index < -0.39 is 11.8 Å². The van der Waals surface area contributed by atoms with E-state index >= 15 is 0 Å². The first-order valence-electron chi connectivity index (χ1n) is 8.94. The highest BCUT2D eigenvalue weighted by Gasteiger charge is 2.17. The molecule has 0 unspecified atom stereocenters. The van der Waals surface area contributed by atoms with Crippen LogP contribution in [-0.4, -0.2) is 20.9 Å². The number of benzene rings is 2. The average molecular weight is 402 g/mol. The van der Waals surface area contributed by atoms with Crippen molar-refractivity contribution in [1.29, 1.82) is 0 Å². The van der Waals surface area contributed by atoms with Crippen LogP contribution in [0.25, 0.3) is 11.1 Å². The summed E-state index contributed by atoms with van der Waals surface area (Å²) in [6.45, 7) is 1.96. The van der Waals surface area contributed by atoms with Crippen molar-refractivity contribution in [1.82, 2.24) is 9.78 Å². The van der Waals surface area contributed by atoms with Crippen LogP contribution in [0.4, 0.5) is 15.8 Å². The highest BCUT2D eigenvalue weighted by molar-refractivity contribution is 6.30. The maximum Gasteiger partial charge on any atom is 0.303 e. The molecule has 0 aliphatic heterocycles. The van der Waals surface area contributed by atoms with E-state index in [9.17, 15) is 14.3 Å². The minimum absolute atomic E-state index is 0.0533. The molecule has 0 aliphatic carbocycles. The van der Waals surface area contributed by atoms with Gasteiger partial charge in [0.2, 0.25) is 0 Å². The van der Waals surface area contributed by atoms with Crippen LogP contribution in [0.2, 0.25) is 5.02 Å². The van der Waals surface area contributed by atoms with Gasteiger partial charge in [0.1, 0.15) is 5.82 Å². The normalized spacial score (nSPS) is 12.0. The summed E-state index contributed by atoms with van der Waals surface area (Å²) in [4.78, 5) is 11.2. The minimum Gasteiger partial charge on any atom is -0.481 e. The average Bonchev–Trinajstić information content (AvgIpc) is 3.08. The second-order valence-corrected chi connectivity index (χ2v) is 7.07. The van der Waals surface area contributed by atoms with Crippen molar-refractivity contribution >= 4 is 28.9 Å². The fraction of sp³-hybridized carbons (Fsp3) is 0.238. The van der Waals surface area contributed by atoms with Gasteiger partial charge >= 0.3 is 5.97 Å². The molecule has 0 saturated heterocycles. The van der Waals surface area contributed by atoms with Gasteiger partial charge in [0.05, 0.1) is 17.6 Å². The summed E-state index contributed by atoms with van der Waals surface area (Å²) in [6.07, 6.45) is 4.39. The predicted molar refractivity (Wildman–Crippen MR) is 109 cm³/mol. The van der Waals surface area contributed by atoms with Crippen LogP contribution in [0.3, 0.4) is 0 Å². The van der Waals surface area contributed by atoms with Crippen LogP contribution >= 0.6 is 11.6 Å². The van der Waals surface area contributed by atoms with Gasteiger partial charge in [0, 0.05) is 35.7 Å². The molecular weight excluding hydrogens is 381 g/mol. The maximum absolute atomic E-state index is 13.9. The quantitative estimate of drug-likeness (QED) is 0.541. The predicted octanol–water partition coefficient (Wildman–Crippen LogP) is 5.59. The molecule has 0 radical (unpaired) electrons. The number of anilines is 2. The number of rotatable bonds is 7. The Morgan fingerprint density at radius 1 is 1.32 bits per heavy atom. The third-order valence-corrected chi connectivity index (χ3v) is 4.95. The molecule has 0 fully saturated rings. The molecule has 28 heavy (non-hydrogen) atoms. The van der Waals surface area contributed by atoms with Crippen molar-refractivity contribution in [2.24, 2.45) is 7.05 Å². The Hall–Kier alpha value is -2.86. The first-order valence-corrected chi connectivity index (χ1v) is 9.32. The zero-order chi connectivity index (χ0) is 20.3. The van der Waals surface area contributed by atoms with E-state index in [0.717, 1.165) is 22.4 Å². The fourth-order valence-electron chi connectivity index (χ4n) is 3.17. The second kappa shape index (κ2) is 8.44. The Labute approximate surface area is 167 Å². The Kier molecular flexibility index (Phi) is 5.99. The Balaban J connectivity index is 2.04. The van der Waals surface area contributed by atoms with Crippen molar-refractivity contribution in [2.45, 2.75) is 25.7 Å². The lowest BCUT2D eigenvalue weighted by atomic mass is 9.91. The molecule has 0 amide bonds. The smallest absolute Gasteiger partial charge is 0.303 e. The van der Waals surface area contributed by atoms with Gasteiger partial charge in [-0.1, -0.05) is 30.7 Å². The van der Waals surface area contributed by atoms with Crippen LogP contribution < -0.4 is 5.32 Å². The first-order chi connectivity index (χ1) is 13.4. The summed E-state index contributed by atoms with van der Waals surface area (Å²) >= 11 is 5.78. The van der Waals surface area contributed by atoms with Gasteiger partial charge in [-0.3, -0.25) is 9.48 Å². The van der Waals surface area contributed by atoms with E-state index in [2.05, 4.69) is 10.4 Å². The molecule has 1 atom stereocenters. The number of carboxylic acid groups (broad SMARTS) is 1. The number of hydrogen-bond acceptors (Lipinski definition) is 3.